The van der Waals surface area contributed by atoms with E-state index in [0.29, 0.717) is 48.7 Å². The van der Waals surface area contributed by atoms with Crippen LogP contribution >= 0.6 is 11.6 Å². The van der Waals surface area contributed by atoms with Gasteiger partial charge in [0.25, 0.3) is 0 Å². The van der Waals surface area contributed by atoms with Gasteiger partial charge in [0.2, 0.25) is 5.95 Å². The van der Waals surface area contributed by atoms with E-state index in [0.717, 1.165) is 24.7 Å². The summed E-state index contributed by atoms with van der Waals surface area (Å²) in [5.41, 5.74) is 0.741. The molecule has 0 atom stereocenters. The van der Waals surface area contributed by atoms with Crippen LogP contribution in [0.5, 0.6) is 0 Å². The lowest BCUT2D eigenvalue weighted by Crippen LogP contribution is -2.47. The minimum atomic E-state index is -4.45. The SMILES string of the molecule is CCN(CC)c1nc(-c2cncc(Cl)c2)cc(N2CCN(c3ncccc3C(F)(F)F)CC2)n1. The number of halogens is 4. The molecule has 1 aliphatic rings. The van der Waals surface area contributed by atoms with Gasteiger partial charge in [-0.2, -0.15) is 18.2 Å². The molecule has 0 saturated carbocycles. The Kier molecular flexibility index (Phi) is 7.06. The highest BCUT2D eigenvalue weighted by Crippen LogP contribution is 2.35. The van der Waals surface area contributed by atoms with Gasteiger partial charge in [-0.1, -0.05) is 11.6 Å². The van der Waals surface area contributed by atoms with Gasteiger partial charge in [-0.3, -0.25) is 4.98 Å². The zero-order valence-electron chi connectivity index (χ0n) is 18.9. The lowest BCUT2D eigenvalue weighted by atomic mass is 10.2. The summed E-state index contributed by atoms with van der Waals surface area (Å²) in [5.74, 6) is 1.26. The van der Waals surface area contributed by atoms with Crippen LogP contribution in [0.4, 0.5) is 30.8 Å². The molecule has 0 unspecified atom stereocenters. The maximum Gasteiger partial charge on any atom is 0.419 e. The number of aromatic nitrogens is 4. The fourth-order valence-corrected chi connectivity index (χ4v) is 4.12. The van der Waals surface area contributed by atoms with Crippen molar-refractivity contribution >= 4 is 29.2 Å². The monoisotopic (exact) mass is 491 g/mol. The second kappa shape index (κ2) is 10.0. The van der Waals surface area contributed by atoms with E-state index in [1.807, 2.05) is 24.8 Å². The molecule has 0 amide bonds. The summed E-state index contributed by atoms with van der Waals surface area (Å²) in [5, 5.41) is 0.506. The average molecular weight is 492 g/mol. The zero-order valence-corrected chi connectivity index (χ0v) is 19.7. The first kappa shape index (κ1) is 24.0. The fraction of sp³-hybridized carbons (Fsp3) is 0.391. The van der Waals surface area contributed by atoms with Gasteiger partial charge in [-0.05, 0) is 32.0 Å². The molecule has 0 aliphatic carbocycles. The van der Waals surface area contributed by atoms with Gasteiger partial charge in [-0.25, -0.2) is 9.97 Å². The summed E-state index contributed by atoms with van der Waals surface area (Å²) in [6, 6.07) is 6.05. The normalized spacial score (nSPS) is 14.4. The van der Waals surface area contributed by atoms with Gasteiger partial charge in [0, 0.05) is 69.5 Å². The van der Waals surface area contributed by atoms with E-state index in [4.69, 9.17) is 21.6 Å². The Morgan fingerprint density at radius 3 is 2.35 bits per heavy atom. The number of piperazine rings is 1. The second-order valence-corrected chi connectivity index (χ2v) is 8.26. The number of nitrogens with zero attached hydrogens (tertiary/aromatic N) is 7. The van der Waals surface area contributed by atoms with Crippen LogP contribution in [0.2, 0.25) is 5.02 Å². The van der Waals surface area contributed by atoms with Crippen molar-refractivity contribution in [3.05, 3.63) is 53.4 Å². The average Bonchev–Trinajstić information content (AvgIpc) is 2.84. The van der Waals surface area contributed by atoms with Crippen molar-refractivity contribution in [2.24, 2.45) is 0 Å². The Labute approximate surface area is 201 Å². The molecule has 4 heterocycles. The molecule has 0 radical (unpaired) electrons. The summed E-state index contributed by atoms with van der Waals surface area (Å²) in [6.45, 7) is 7.30. The van der Waals surface area contributed by atoms with Crippen LogP contribution in [0, 0.1) is 0 Å². The highest BCUT2D eigenvalue weighted by atomic mass is 35.5. The van der Waals surface area contributed by atoms with Crippen LogP contribution in [0.3, 0.4) is 0 Å². The molecule has 3 aromatic heterocycles. The first-order chi connectivity index (χ1) is 16.3. The van der Waals surface area contributed by atoms with E-state index in [1.54, 1.807) is 23.4 Å². The van der Waals surface area contributed by atoms with Crippen molar-refractivity contribution in [1.82, 2.24) is 19.9 Å². The summed E-state index contributed by atoms with van der Waals surface area (Å²) in [6.07, 6.45) is 0.196. The van der Waals surface area contributed by atoms with E-state index in [-0.39, 0.29) is 5.82 Å². The lowest BCUT2D eigenvalue weighted by molar-refractivity contribution is -0.137. The third-order valence-electron chi connectivity index (χ3n) is 5.74. The molecule has 1 aliphatic heterocycles. The summed E-state index contributed by atoms with van der Waals surface area (Å²) in [4.78, 5) is 23.5. The van der Waals surface area contributed by atoms with E-state index >= 15 is 0 Å². The first-order valence-electron chi connectivity index (χ1n) is 11.1. The summed E-state index contributed by atoms with van der Waals surface area (Å²) < 4.78 is 40.4. The number of pyridine rings is 2. The largest absolute Gasteiger partial charge is 0.419 e. The Morgan fingerprint density at radius 1 is 1.00 bits per heavy atom. The van der Waals surface area contributed by atoms with E-state index in [2.05, 4.69) is 14.9 Å². The number of rotatable bonds is 6. The van der Waals surface area contributed by atoms with Crippen LogP contribution in [0.25, 0.3) is 11.3 Å². The predicted molar refractivity (Wildman–Crippen MR) is 127 cm³/mol. The molecule has 4 rings (SSSR count). The van der Waals surface area contributed by atoms with Gasteiger partial charge in [0.15, 0.2) is 0 Å². The van der Waals surface area contributed by atoms with Gasteiger partial charge < -0.3 is 14.7 Å². The quantitative estimate of drug-likeness (QED) is 0.492. The molecule has 0 bridgehead atoms. The molecule has 0 aromatic carbocycles. The van der Waals surface area contributed by atoms with Crippen molar-refractivity contribution in [3.63, 3.8) is 0 Å². The number of hydrogen-bond donors (Lipinski definition) is 0. The van der Waals surface area contributed by atoms with Crippen molar-refractivity contribution < 1.29 is 13.2 Å². The van der Waals surface area contributed by atoms with Crippen LogP contribution in [0.15, 0.2) is 42.9 Å². The topological polar surface area (TPSA) is 61.3 Å². The maximum atomic E-state index is 13.5. The molecular weight excluding hydrogens is 467 g/mol. The van der Waals surface area contributed by atoms with Crippen LogP contribution in [0.1, 0.15) is 19.4 Å². The fourth-order valence-electron chi connectivity index (χ4n) is 3.95. The Bertz CT molecular complexity index is 1130. The Morgan fingerprint density at radius 2 is 1.71 bits per heavy atom. The van der Waals surface area contributed by atoms with Crippen molar-refractivity contribution in [3.8, 4) is 11.3 Å². The number of alkyl halides is 3. The van der Waals surface area contributed by atoms with Crippen molar-refractivity contribution in [2.45, 2.75) is 20.0 Å². The third-order valence-corrected chi connectivity index (χ3v) is 5.95. The molecule has 1 fully saturated rings. The number of hydrogen-bond acceptors (Lipinski definition) is 7. The maximum absolute atomic E-state index is 13.5. The minimum absolute atomic E-state index is 0.0353. The lowest BCUT2D eigenvalue weighted by Gasteiger charge is -2.37. The molecule has 3 aromatic rings. The van der Waals surface area contributed by atoms with Crippen LogP contribution in [-0.2, 0) is 6.18 Å². The molecular formula is C23H25ClF3N7. The summed E-state index contributed by atoms with van der Waals surface area (Å²) in [7, 11) is 0. The molecule has 7 nitrogen and oxygen atoms in total. The van der Waals surface area contributed by atoms with Gasteiger partial charge in [0.1, 0.15) is 11.6 Å². The van der Waals surface area contributed by atoms with Crippen molar-refractivity contribution in [1.29, 1.82) is 0 Å². The van der Waals surface area contributed by atoms with E-state index < -0.39 is 11.7 Å². The highest BCUT2D eigenvalue weighted by Gasteiger charge is 2.36. The molecule has 1 saturated heterocycles. The molecule has 180 valence electrons. The zero-order chi connectivity index (χ0) is 24.3. The van der Waals surface area contributed by atoms with Gasteiger partial charge in [-0.15, -0.1) is 0 Å². The van der Waals surface area contributed by atoms with Crippen molar-refractivity contribution in [2.75, 3.05) is 54.0 Å². The Hall–Kier alpha value is -3.14. The number of anilines is 3. The molecule has 34 heavy (non-hydrogen) atoms. The van der Waals surface area contributed by atoms with Crippen LogP contribution < -0.4 is 14.7 Å². The third kappa shape index (κ3) is 5.16. The molecule has 11 heteroatoms. The standard InChI is InChI=1S/C23H25ClF3N7/c1-3-32(4-2)22-30-19(16-12-17(24)15-28-14-16)13-20(31-22)33-8-10-34(11-9-33)21-18(23(25,26)27)6-5-7-29-21/h5-7,12-15H,3-4,8-11H2,1-2H3. The van der Waals surface area contributed by atoms with E-state index in [1.165, 1.54) is 12.3 Å². The predicted octanol–water partition coefficient (Wildman–Crippen LogP) is 4.78. The molecule has 0 N–H and O–H groups in total. The molecule has 0 spiro atoms. The Balaban J connectivity index is 1.62. The highest BCUT2D eigenvalue weighted by molar-refractivity contribution is 6.30. The second-order valence-electron chi connectivity index (χ2n) is 7.82. The van der Waals surface area contributed by atoms with Gasteiger partial charge >= 0.3 is 6.18 Å². The van der Waals surface area contributed by atoms with Gasteiger partial charge in [0.05, 0.1) is 16.3 Å². The minimum Gasteiger partial charge on any atom is -0.353 e. The van der Waals surface area contributed by atoms with E-state index in [9.17, 15) is 13.2 Å². The van der Waals surface area contributed by atoms with Crippen LogP contribution in [-0.4, -0.2) is 59.2 Å². The smallest absolute Gasteiger partial charge is 0.353 e. The summed E-state index contributed by atoms with van der Waals surface area (Å²) >= 11 is 6.14. The first-order valence-corrected chi connectivity index (χ1v) is 11.4.